The Morgan fingerprint density at radius 3 is 3.21 bits per heavy atom. The van der Waals surface area contributed by atoms with E-state index in [1.165, 1.54) is 23.5 Å². The number of fused-ring (bicyclic) bond motifs is 1. The summed E-state index contributed by atoms with van der Waals surface area (Å²) in [5.41, 5.74) is 2.44. The third-order valence-corrected chi connectivity index (χ3v) is 5.37. The first-order valence-corrected chi connectivity index (χ1v) is 9.14. The number of hydrogen-bond donors (Lipinski definition) is 0. The fourth-order valence-corrected chi connectivity index (χ4v) is 3.99. The van der Waals surface area contributed by atoms with Crippen molar-refractivity contribution in [2.45, 2.75) is 32.3 Å². The van der Waals surface area contributed by atoms with Gasteiger partial charge in [0, 0.05) is 43.7 Å². The molecule has 1 unspecified atom stereocenters. The van der Waals surface area contributed by atoms with Gasteiger partial charge in [-0.05, 0) is 31.2 Å². The number of nitrogens with zero attached hydrogens (tertiary/aromatic N) is 5. The van der Waals surface area contributed by atoms with Gasteiger partial charge in [-0.3, -0.25) is 0 Å². The molecular weight excluding hydrogens is 326 g/mol. The van der Waals surface area contributed by atoms with Crippen molar-refractivity contribution in [3.8, 4) is 5.88 Å². The van der Waals surface area contributed by atoms with Crippen molar-refractivity contribution in [3.05, 3.63) is 23.1 Å². The molecule has 8 heteroatoms. The van der Waals surface area contributed by atoms with Crippen molar-refractivity contribution in [2.75, 3.05) is 31.7 Å². The molecule has 24 heavy (non-hydrogen) atoms. The molecule has 3 heterocycles. The summed E-state index contributed by atoms with van der Waals surface area (Å²) < 4.78 is 15.3. The van der Waals surface area contributed by atoms with E-state index in [4.69, 9.17) is 9.47 Å². The van der Waals surface area contributed by atoms with Gasteiger partial charge in [0.15, 0.2) is 5.82 Å². The standard InChI is InChI=1S/C16H21N5O2S/c1-22-10-14-17-16(24-20-14)21-6-5-11(8-21)9-23-15-7-12-3-2-4-13(12)18-19-15/h7,11H,2-6,8-10H2,1H3. The van der Waals surface area contributed by atoms with Crippen LogP contribution in [-0.4, -0.2) is 46.4 Å². The normalized spacial score (nSPS) is 19.7. The van der Waals surface area contributed by atoms with Crippen LogP contribution < -0.4 is 9.64 Å². The van der Waals surface area contributed by atoms with Crippen LogP contribution in [0.5, 0.6) is 5.88 Å². The molecular formula is C16H21N5O2S. The predicted molar refractivity (Wildman–Crippen MR) is 90.5 cm³/mol. The first kappa shape index (κ1) is 15.7. The molecule has 2 aromatic heterocycles. The van der Waals surface area contributed by atoms with E-state index in [0.717, 1.165) is 49.0 Å². The minimum Gasteiger partial charge on any atom is -0.476 e. The van der Waals surface area contributed by atoms with Crippen LogP contribution in [0.3, 0.4) is 0 Å². The Hall–Kier alpha value is -1.80. The molecule has 0 bridgehead atoms. The lowest BCUT2D eigenvalue weighted by molar-refractivity contribution is 0.179. The second-order valence-electron chi connectivity index (χ2n) is 6.35. The van der Waals surface area contributed by atoms with Crippen LogP contribution in [0.4, 0.5) is 5.13 Å². The summed E-state index contributed by atoms with van der Waals surface area (Å²) in [5.74, 6) is 1.90. The first-order valence-electron chi connectivity index (χ1n) is 8.36. The van der Waals surface area contributed by atoms with Crippen molar-refractivity contribution >= 4 is 16.7 Å². The zero-order valence-corrected chi connectivity index (χ0v) is 14.6. The summed E-state index contributed by atoms with van der Waals surface area (Å²) in [4.78, 5) is 6.80. The third kappa shape index (κ3) is 3.34. The van der Waals surface area contributed by atoms with Crippen molar-refractivity contribution in [1.29, 1.82) is 0 Å². The molecule has 0 spiro atoms. The molecule has 1 saturated heterocycles. The van der Waals surface area contributed by atoms with Gasteiger partial charge in [0.1, 0.15) is 6.61 Å². The highest BCUT2D eigenvalue weighted by atomic mass is 32.1. The number of ether oxygens (including phenoxy) is 2. The van der Waals surface area contributed by atoms with E-state index in [9.17, 15) is 0 Å². The summed E-state index contributed by atoms with van der Waals surface area (Å²) in [6.45, 7) is 3.08. The van der Waals surface area contributed by atoms with E-state index in [1.54, 1.807) is 7.11 Å². The van der Waals surface area contributed by atoms with Gasteiger partial charge in [0.25, 0.3) is 0 Å². The lowest BCUT2D eigenvalue weighted by Gasteiger charge is -2.14. The minimum atomic E-state index is 0.466. The highest BCUT2D eigenvalue weighted by Crippen LogP contribution is 2.27. The molecule has 1 atom stereocenters. The number of methoxy groups -OCH3 is 1. The van der Waals surface area contributed by atoms with Crippen LogP contribution in [-0.2, 0) is 24.2 Å². The Kier molecular flexibility index (Phi) is 4.57. The van der Waals surface area contributed by atoms with Crippen LogP contribution in [0.1, 0.15) is 29.9 Å². The summed E-state index contributed by atoms with van der Waals surface area (Å²) >= 11 is 1.44. The van der Waals surface area contributed by atoms with Crippen LogP contribution in [0.25, 0.3) is 0 Å². The Balaban J connectivity index is 1.30. The summed E-state index contributed by atoms with van der Waals surface area (Å²) in [6, 6.07) is 2.06. The molecule has 2 aliphatic rings. The summed E-state index contributed by atoms with van der Waals surface area (Å²) in [5, 5.41) is 9.44. The van der Waals surface area contributed by atoms with E-state index >= 15 is 0 Å². The molecule has 0 amide bonds. The van der Waals surface area contributed by atoms with Crippen molar-refractivity contribution in [1.82, 2.24) is 19.6 Å². The molecule has 128 valence electrons. The topological polar surface area (TPSA) is 73.3 Å². The Bertz CT molecular complexity index is 708. The second-order valence-corrected chi connectivity index (χ2v) is 7.08. The fraction of sp³-hybridized carbons (Fsp3) is 0.625. The summed E-state index contributed by atoms with van der Waals surface area (Å²) in [7, 11) is 1.66. The van der Waals surface area contributed by atoms with E-state index in [-0.39, 0.29) is 0 Å². The van der Waals surface area contributed by atoms with E-state index in [1.807, 2.05) is 0 Å². The van der Waals surface area contributed by atoms with Gasteiger partial charge in [-0.15, -0.1) is 5.10 Å². The van der Waals surface area contributed by atoms with Gasteiger partial charge < -0.3 is 14.4 Å². The molecule has 1 fully saturated rings. The lowest BCUT2D eigenvalue weighted by atomic mass is 10.1. The molecule has 0 N–H and O–H groups in total. The van der Waals surface area contributed by atoms with Gasteiger partial charge >= 0.3 is 0 Å². The monoisotopic (exact) mass is 347 g/mol. The zero-order valence-electron chi connectivity index (χ0n) is 13.8. The molecule has 0 aromatic carbocycles. The van der Waals surface area contributed by atoms with Gasteiger partial charge in [-0.2, -0.15) is 9.47 Å². The molecule has 1 aliphatic heterocycles. The van der Waals surface area contributed by atoms with Crippen molar-refractivity contribution in [3.63, 3.8) is 0 Å². The smallest absolute Gasteiger partial charge is 0.233 e. The van der Waals surface area contributed by atoms with Gasteiger partial charge in [0.05, 0.1) is 12.3 Å². The molecule has 0 saturated carbocycles. The number of aromatic nitrogens is 4. The predicted octanol–water partition coefficient (Wildman–Crippen LogP) is 1.87. The van der Waals surface area contributed by atoms with Crippen molar-refractivity contribution in [2.24, 2.45) is 5.92 Å². The zero-order chi connectivity index (χ0) is 16.4. The van der Waals surface area contributed by atoms with E-state index in [2.05, 4.69) is 30.5 Å². The van der Waals surface area contributed by atoms with Crippen LogP contribution >= 0.6 is 11.5 Å². The average Bonchev–Trinajstić information content (AvgIpc) is 3.33. The molecule has 1 aliphatic carbocycles. The summed E-state index contributed by atoms with van der Waals surface area (Å²) in [6.07, 6.45) is 4.42. The highest BCUT2D eigenvalue weighted by molar-refractivity contribution is 7.09. The Labute approximate surface area is 145 Å². The van der Waals surface area contributed by atoms with Crippen LogP contribution in [0.15, 0.2) is 6.07 Å². The van der Waals surface area contributed by atoms with Crippen molar-refractivity contribution < 1.29 is 9.47 Å². The van der Waals surface area contributed by atoms with Gasteiger partial charge in [0.2, 0.25) is 11.0 Å². The van der Waals surface area contributed by atoms with Gasteiger partial charge in [-0.1, -0.05) is 0 Å². The third-order valence-electron chi connectivity index (χ3n) is 4.55. The van der Waals surface area contributed by atoms with E-state index in [0.29, 0.717) is 25.0 Å². The highest BCUT2D eigenvalue weighted by Gasteiger charge is 2.26. The van der Waals surface area contributed by atoms with Crippen LogP contribution in [0.2, 0.25) is 0 Å². The number of hydrogen-bond acceptors (Lipinski definition) is 8. The maximum absolute atomic E-state index is 5.89. The molecule has 4 rings (SSSR count). The maximum Gasteiger partial charge on any atom is 0.233 e. The minimum absolute atomic E-state index is 0.466. The molecule has 2 aromatic rings. The molecule has 7 nitrogen and oxygen atoms in total. The molecule has 0 radical (unpaired) electrons. The number of aryl methyl sites for hydroxylation is 2. The average molecular weight is 347 g/mol. The largest absolute Gasteiger partial charge is 0.476 e. The Morgan fingerprint density at radius 1 is 1.33 bits per heavy atom. The number of rotatable bonds is 6. The number of anilines is 1. The fourth-order valence-electron chi connectivity index (χ4n) is 3.29. The lowest BCUT2D eigenvalue weighted by Crippen LogP contribution is -2.22. The van der Waals surface area contributed by atoms with Crippen LogP contribution in [0, 0.1) is 5.92 Å². The second kappa shape index (κ2) is 6.98. The quantitative estimate of drug-likeness (QED) is 0.790. The maximum atomic E-state index is 5.89. The SMILES string of the molecule is COCc1nsc(N2CCC(COc3cc4c(nn3)CCC4)C2)n1. The van der Waals surface area contributed by atoms with E-state index < -0.39 is 0 Å². The van der Waals surface area contributed by atoms with Gasteiger partial charge in [-0.25, -0.2) is 4.98 Å². The Morgan fingerprint density at radius 2 is 2.29 bits per heavy atom. The first-order chi connectivity index (χ1) is 11.8.